The van der Waals surface area contributed by atoms with Crippen LogP contribution < -0.4 is 11.0 Å². The van der Waals surface area contributed by atoms with Gasteiger partial charge in [-0.2, -0.15) is 5.10 Å². The van der Waals surface area contributed by atoms with E-state index in [4.69, 9.17) is 0 Å². The van der Waals surface area contributed by atoms with Crippen LogP contribution in [0.5, 0.6) is 0 Å². The van der Waals surface area contributed by atoms with Gasteiger partial charge in [0.25, 0.3) is 11.5 Å². The van der Waals surface area contributed by atoms with E-state index in [0.717, 1.165) is 35.4 Å². The highest BCUT2D eigenvalue weighted by Crippen LogP contribution is 2.34. The van der Waals surface area contributed by atoms with E-state index >= 15 is 0 Å². The van der Waals surface area contributed by atoms with E-state index in [2.05, 4.69) is 31.4 Å². The number of hydrogen-bond donors (Lipinski definition) is 1. The standard InChI is InChI=1S/C16H16BrN5O2S/c1-7-12(17)13(19-21(7)3)14(23)20-22-8(2)18-15-11(16(22)24)9-5-4-6-10(9)25-15/h4-6H2,1-3H3,(H,20,23). The van der Waals surface area contributed by atoms with Crippen LogP contribution in [0, 0.1) is 13.8 Å². The number of rotatable bonds is 2. The van der Waals surface area contributed by atoms with Crippen molar-refractivity contribution < 1.29 is 4.79 Å². The molecule has 3 heterocycles. The Morgan fingerprint density at radius 1 is 1.32 bits per heavy atom. The molecule has 1 aliphatic carbocycles. The number of nitrogens with zero attached hydrogens (tertiary/aromatic N) is 4. The van der Waals surface area contributed by atoms with Gasteiger partial charge in [-0.25, -0.2) is 9.66 Å². The average Bonchev–Trinajstić information content (AvgIpc) is 3.20. The first-order valence-corrected chi connectivity index (χ1v) is 9.53. The SMILES string of the molecule is Cc1c(Br)c(C(=O)Nn2c(C)nc3sc4c(c3c2=O)CCC4)nn1C. The van der Waals surface area contributed by atoms with E-state index in [1.54, 1.807) is 30.0 Å². The van der Waals surface area contributed by atoms with Crippen LogP contribution in [0.3, 0.4) is 0 Å². The molecule has 0 aliphatic heterocycles. The lowest BCUT2D eigenvalue weighted by atomic mass is 10.2. The number of halogens is 1. The predicted molar refractivity (Wildman–Crippen MR) is 100.0 cm³/mol. The topological polar surface area (TPSA) is 81.8 Å². The minimum Gasteiger partial charge on any atom is -0.271 e. The van der Waals surface area contributed by atoms with Crippen molar-refractivity contribution in [2.75, 3.05) is 5.43 Å². The van der Waals surface area contributed by atoms with E-state index in [1.165, 1.54) is 9.55 Å². The zero-order valence-corrected chi connectivity index (χ0v) is 16.4. The number of aryl methyl sites for hydroxylation is 4. The maximum atomic E-state index is 13.0. The van der Waals surface area contributed by atoms with Crippen molar-refractivity contribution in [3.63, 3.8) is 0 Å². The van der Waals surface area contributed by atoms with Crippen LogP contribution in [0.4, 0.5) is 0 Å². The Bertz CT molecular complexity index is 1090. The first-order chi connectivity index (χ1) is 11.9. The molecule has 0 saturated heterocycles. The quantitative estimate of drug-likeness (QED) is 0.688. The van der Waals surface area contributed by atoms with Crippen LogP contribution >= 0.6 is 27.3 Å². The molecule has 1 N–H and O–H groups in total. The monoisotopic (exact) mass is 421 g/mol. The largest absolute Gasteiger partial charge is 0.291 e. The third-order valence-corrected chi connectivity index (χ3v) is 6.73. The summed E-state index contributed by atoms with van der Waals surface area (Å²) in [6.07, 6.45) is 2.96. The van der Waals surface area contributed by atoms with Crippen LogP contribution in [0.25, 0.3) is 10.2 Å². The van der Waals surface area contributed by atoms with Gasteiger partial charge < -0.3 is 0 Å². The Labute approximate surface area is 155 Å². The lowest BCUT2D eigenvalue weighted by molar-refractivity contribution is 0.1000. The first kappa shape index (κ1) is 16.5. The summed E-state index contributed by atoms with van der Waals surface area (Å²) in [4.78, 5) is 32.1. The van der Waals surface area contributed by atoms with Crippen molar-refractivity contribution in [1.82, 2.24) is 19.4 Å². The number of hydrogen-bond acceptors (Lipinski definition) is 5. The second-order valence-corrected chi connectivity index (χ2v) is 8.03. The normalized spacial score (nSPS) is 13.4. The molecule has 0 fully saturated rings. The lowest BCUT2D eigenvalue weighted by Crippen LogP contribution is -2.35. The van der Waals surface area contributed by atoms with Crippen LogP contribution in [0.1, 0.15) is 38.9 Å². The van der Waals surface area contributed by atoms with Crippen molar-refractivity contribution in [3.05, 3.63) is 42.5 Å². The van der Waals surface area contributed by atoms with E-state index in [9.17, 15) is 9.59 Å². The van der Waals surface area contributed by atoms with Crippen LogP contribution in [0.2, 0.25) is 0 Å². The summed E-state index contributed by atoms with van der Waals surface area (Å²) in [7, 11) is 1.76. The molecular formula is C16H16BrN5O2S. The van der Waals surface area contributed by atoms with Gasteiger partial charge in [0.2, 0.25) is 0 Å². The summed E-state index contributed by atoms with van der Waals surface area (Å²) in [6, 6.07) is 0. The van der Waals surface area contributed by atoms with Crippen molar-refractivity contribution >= 4 is 43.4 Å². The second kappa shape index (κ2) is 5.77. The Hall–Kier alpha value is -2.00. The van der Waals surface area contributed by atoms with Crippen LogP contribution in [0.15, 0.2) is 9.27 Å². The molecule has 0 spiro atoms. The molecule has 0 aromatic carbocycles. The highest BCUT2D eigenvalue weighted by molar-refractivity contribution is 9.10. The zero-order valence-electron chi connectivity index (χ0n) is 14.0. The summed E-state index contributed by atoms with van der Waals surface area (Å²) < 4.78 is 3.46. The van der Waals surface area contributed by atoms with Crippen molar-refractivity contribution in [3.8, 4) is 0 Å². The van der Waals surface area contributed by atoms with E-state index < -0.39 is 5.91 Å². The Kier molecular flexibility index (Phi) is 3.80. The van der Waals surface area contributed by atoms with Gasteiger partial charge in [0.05, 0.1) is 15.6 Å². The lowest BCUT2D eigenvalue weighted by Gasteiger charge is -2.10. The molecule has 3 aromatic rings. The Morgan fingerprint density at radius 2 is 2.08 bits per heavy atom. The summed E-state index contributed by atoms with van der Waals surface area (Å²) in [5, 5.41) is 4.84. The van der Waals surface area contributed by atoms with Crippen molar-refractivity contribution in [2.24, 2.45) is 7.05 Å². The van der Waals surface area contributed by atoms with Gasteiger partial charge in [0.1, 0.15) is 10.7 Å². The molecular weight excluding hydrogens is 406 g/mol. The number of aromatic nitrogens is 4. The van der Waals surface area contributed by atoms with Gasteiger partial charge in [0.15, 0.2) is 5.69 Å². The molecule has 0 radical (unpaired) electrons. The third kappa shape index (κ3) is 2.44. The average molecular weight is 422 g/mol. The highest BCUT2D eigenvalue weighted by atomic mass is 79.9. The van der Waals surface area contributed by atoms with Gasteiger partial charge in [0, 0.05) is 11.9 Å². The molecule has 3 aromatic heterocycles. The summed E-state index contributed by atoms with van der Waals surface area (Å²) in [6.45, 7) is 3.57. The molecule has 0 atom stereocenters. The molecule has 130 valence electrons. The third-order valence-electron chi connectivity index (χ3n) is 4.60. The molecule has 9 heteroatoms. The predicted octanol–water partition coefficient (Wildman–Crippen LogP) is 2.44. The molecule has 25 heavy (non-hydrogen) atoms. The first-order valence-electron chi connectivity index (χ1n) is 7.93. The fourth-order valence-corrected chi connectivity index (χ4v) is 4.97. The number of fused-ring (bicyclic) bond motifs is 3. The van der Waals surface area contributed by atoms with Crippen molar-refractivity contribution in [1.29, 1.82) is 0 Å². The van der Waals surface area contributed by atoms with Gasteiger partial charge >= 0.3 is 0 Å². The van der Waals surface area contributed by atoms with E-state index in [0.29, 0.717) is 15.7 Å². The summed E-state index contributed by atoms with van der Waals surface area (Å²) in [5.74, 6) is 0.00310. The Balaban J connectivity index is 1.80. The summed E-state index contributed by atoms with van der Waals surface area (Å²) in [5.41, 5.74) is 4.59. The molecule has 0 bridgehead atoms. The fourth-order valence-electron chi connectivity index (χ4n) is 3.16. The molecule has 1 amide bonds. The maximum absolute atomic E-state index is 13.0. The smallest absolute Gasteiger partial charge is 0.271 e. The van der Waals surface area contributed by atoms with Gasteiger partial charge in [-0.15, -0.1) is 11.3 Å². The number of carbonyl (C=O) groups excluding carboxylic acids is 1. The van der Waals surface area contributed by atoms with Gasteiger partial charge in [-0.3, -0.25) is 19.7 Å². The molecule has 0 saturated carbocycles. The van der Waals surface area contributed by atoms with Crippen molar-refractivity contribution in [2.45, 2.75) is 33.1 Å². The zero-order chi connectivity index (χ0) is 17.9. The number of carbonyl (C=O) groups is 1. The molecule has 0 unspecified atom stereocenters. The number of thiophene rings is 1. The second-order valence-electron chi connectivity index (χ2n) is 6.15. The van der Waals surface area contributed by atoms with Crippen LogP contribution in [-0.4, -0.2) is 25.3 Å². The minimum atomic E-state index is -0.450. The molecule has 1 aliphatic rings. The number of nitrogens with one attached hydrogen (secondary N) is 1. The van der Waals surface area contributed by atoms with E-state index in [-0.39, 0.29) is 11.3 Å². The Morgan fingerprint density at radius 3 is 2.76 bits per heavy atom. The van der Waals surface area contributed by atoms with E-state index in [1.807, 2.05) is 6.92 Å². The molecule has 4 rings (SSSR count). The minimum absolute atomic E-state index is 0.223. The maximum Gasteiger partial charge on any atom is 0.291 e. The van der Waals surface area contributed by atoms with Crippen LogP contribution in [-0.2, 0) is 19.9 Å². The summed E-state index contributed by atoms with van der Waals surface area (Å²) >= 11 is 4.97. The highest BCUT2D eigenvalue weighted by Gasteiger charge is 2.24. The van der Waals surface area contributed by atoms with Gasteiger partial charge in [-0.1, -0.05) is 0 Å². The number of amides is 1. The molecule has 7 nitrogen and oxygen atoms in total. The van der Waals surface area contributed by atoms with Gasteiger partial charge in [-0.05, 0) is 54.6 Å². The fraction of sp³-hybridized carbons (Fsp3) is 0.375.